The van der Waals surface area contributed by atoms with Crippen molar-refractivity contribution in [1.29, 1.82) is 0 Å². The molecule has 3 rings (SSSR count). The summed E-state index contributed by atoms with van der Waals surface area (Å²) in [7, 11) is 1.31. The Labute approximate surface area is 250 Å². The minimum Gasteiger partial charge on any atom is -0.453 e. The number of alkyl carbamates (subject to hydrolysis) is 1. The summed E-state index contributed by atoms with van der Waals surface area (Å²) in [6, 6.07) is 6.71. The van der Waals surface area contributed by atoms with Crippen LogP contribution in [0.4, 0.5) is 10.5 Å². The molecule has 1 saturated carbocycles. The van der Waals surface area contributed by atoms with Gasteiger partial charge in [-0.3, -0.25) is 9.59 Å². The number of amides is 3. The number of nitrogens with one attached hydrogen (secondary N) is 2. The fraction of sp³-hybridized carbons (Fsp3) is 0.700. The van der Waals surface area contributed by atoms with Crippen molar-refractivity contribution in [3.05, 3.63) is 29.8 Å². The average Bonchev–Trinajstić information content (AvgIpc) is 2.90. The van der Waals surface area contributed by atoms with Gasteiger partial charge in [-0.1, -0.05) is 58.7 Å². The van der Waals surface area contributed by atoms with E-state index in [0.717, 1.165) is 30.5 Å². The summed E-state index contributed by atoms with van der Waals surface area (Å²) >= 11 is 0. The molecule has 41 heavy (non-hydrogen) atoms. The first kappa shape index (κ1) is 34.8. The number of rotatable bonds is 10. The Morgan fingerprint density at radius 2 is 1.80 bits per heavy atom. The Hall–Kier alpha value is -2.40. The standard InChI is InChI=1S/C30H48N4O6.ClH/c1-29(2,15-22(31)25(36)17-32-27(38)30(3,4)21-11-7-9-13-24(21)35)16-26(37)34-18-20(33-28(39)40-5)14-19-10-6-8-12-23(19)34;/h6,8,10,12,20-22,24-25,35-36H,7,9,11,13-18,31H2,1-5H3,(H,32,38)(H,33,39);1H/t20?,21-,22+,24-,25+;/m1./s1. The highest BCUT2D eigenvalue weighted by atomic mass is 35.5. The third-order valence-electron chi connectivity index (χ3n) is 8.59. The molecular weight excluding hydrogens is 548 g/mol. The van der Waals surface area contributed by atoms with Gasteiger partial charge in [0.25, 0.3) is 0 Å². The summed E-state index contributed by atoms with van der Waals surface area (Å²) in [6.45, 7) is 7.87. The van der Waals surface area contributed by atoms with E-state index in [0.29, 0.717) is 25.8 Å². The third kappa shape index (κ3) is 9.04. The second-order valence-corrected chi connectivity index (χ2v) is 12.8. The summed E-state index contributed by atoms with van der Waals surface area (Å²) in [5.74, 6) is -0.436. The number of para-hydroxylation sites is 1. The Kier molecular flexibility index (Phi) is 12.4. The second-order valence-electron chi connectivity index (χ2n) is 12.8. The number of hydrogen-bond acceptors (Lipinski definition) is 7. The van der Waals surface area contributed by atoms with Crippen LogP contribution in [0.25, 0.3) is 0 Å². The number of ether oxygens (including phenoxy) is 1. The molecular formula is C30H49ClN4O6. The van der Waals surface area contributed by atoms with Gasteiger partial charge >= 0.3 is 6.09 Å². The molecule has 5 atom stereocenters. The fourth-order valence-corrected chi connectivity index (χ4v) is 6.20. The molecule has 0 spiro atoms. The summed E-state index contributed by atoms with van der Waals surface area (Å²) in [5.41, 5.74) is 6.85. The molecule has 0 aromatic heterocycles. The van der Waals surface area contributed by atoms with Crippen molar-refractivity contribution in [2.24, 2.45) is 22.5 Å². The first-order chi connectivity index (χ1) is 18.7. The molecule has 1 aromatic carbocycles. The molecule has 0 saturated heterocycles. The first-order valence-electron chi connectivity index (χ1n) is 14.4. The largest absolute Gasteiger partial charge is 0.453 e. The lowest BCUT2D eigenvalue weighted by molar-refractivity contribution is -0.137. The highest BCUT2D eigenvalue weighted by molar-refractivity contribution is 5.95. The average molecular weight is 597 g/mol. The second kappa shape index (κ2) is 14.7. The predicted octanol–water partition coefficient (Wildman–Crippen LogP) is 2.91. The number of hydrogen-bond donors (Lipinski definition) is 5. The Morgan fingerprint density at radius 3 is 2.46 bits per heavy atom. The van der Waals surface area contributed by atoms with Gasteiger partial charge in [0.1, 0.15) is 0 Å². The van der Waals surface area contributed by atoms with Crippen molar-refractivity contribution < 1.29 is 29.3 Å². The fourth-order valence-electron chi connectivity index (χ4n) is 6.20. The van der Waals surface area contributed by atoms with E-state index >= 15 is 0 Å². The van der Waals surface area contributed by atoms with E-state index in [2.05, 4.69) is 10.6 Å². The molecule has 1 fully saturated rings. The predicted molar refractivity (Wildman–Crippen MR) is 161 cm³/mol. The third-order valence-corrected chi connectivity index (χ3v) is 8.59. The van der Waals surface area contributed by atoms with E-state index in [1.165, 1.54) is 7.11 Å². The van der Waals surface area contributed by atoms with Crippen LogP contribution in [0.5, 0.6) is 0 Å². The van der Waals surface area contributed by atoms with E-state index in [4.69, 9.17) is 10.5 Å². The summed E-state index contributed by atoms with van der Waals surface area (Å²) in [4.78, 5) is 40.0. The number of nitrogens with two attached hydrogens (primary N) is 1. The minimum atomic E-state index is -0.991. The highest BCUT2D eigenvalue weighted by Gasteiger charge is 2.42. The maximum absolute atomic E-state index is 13.5. The van der Waals surface area contributed by atoms with Gasteiger partial charge in [0.05, 0.1) is 25.4 Å². The van der Waals surface area contributed by atoms with Gasteiger partial charge in [-0.25, -0.2) is 4.79 Å². The number of aliphatic hydroxyl groups is 2. The van der Waals surface area contributed by atoms with Crippen molar-refractivity contribution in [1.82, 2.24) is 10.6 Å². The van der Waals surface area contributed by atoms with Gasteiger partial charge < -0.3 is 36.2 Å². The number of halogens is 1. The first-order valence-corrected chi connectivity index (χ1v) is 14.4. The molecule has 232 valence electrons. The number of methoxy groups -OCH3 is 1. The lowest BCUT2D eigenvalue weighted by atomic mass is 9.69. The number of carbonyl (C=O) groups is 3. The smallest absolute Gasteiger partial charge is 0.407 e. The maximum Gasteiger partial charge on any atom is 0.407 e. The van der Waals surface area contributed by atoms with Crippen LogP contribution < -0.4 is 21.3 Å². The quantitative estimate of drug-likeness (QED) is 0.278. The monoisotopic (exact) mass is 596 g/mol. The van der Waals surface area contributed by atoms with E-state index in [1.54, 1.807) is 4.90 Å². The van der Waals surface area contributed by atoms with Crippen LogP contribution in [-0.2, 0) is 20.7 Å². The number of nitrogens with zero attached hydrogens (tertiary/aromatic N) is 1. The van der Waals surface area contributed by atoms with E-state index < -0.39 is 35.2 Å². The molecule has 1 unspecified atom stereocenters. The zero-order chi connectivity index (χ0) is 29.7. The van der Waals surface area contributed by atoms with Gasteiger partial charge in [0.2, 0.25) is 11.8 Å². The van der Waals surface area contributed by atoms with Crippen LogP contribution in [0.3, 0.4) is 0 Å². The van der Waals surface area contributed by atoms with Crippen LogP contribution in [0.1, 0.15) is 71.8 Å². The van der Waals surface area contributed by atoms with Crippen molar-refractivity contribution in [2.75, 3.05) is 25.1 Å². The molecule has 11 heteroatoms. The Bertz CT molecular complexity index is 1050. The zero-order valence-corrected chi connectivity index (χ0v) is 25.8. The summed E-state index contributed by atoms with van der Waals surface area (Å²) < 4.78 is 4.74. The van der Waals surface area contributed by atoms with Crippen molar-refractivity contribution in [3.63, 3.8) is 0 Å². The van der Waals surface area contributed by atoms with Gasteiger partial charge in [0, 0.05) is 36.7 Å². The molecule has 1 aromatic rings. The number of carbonyl (C=O) groups excluding carboxylic acids is 3. The van der Waals surface area contributed by atoms with E-state index in [1.807, 2.05) is 52.0 Å². The normalized spacial score (nSPS) is 22.4. The lowest BCUT2D eigenvalue weighted by Gasteiger charge is -2.39. The van der Waals surface area contributed by atoms with Crippen molar-refractivity contribution in [3.8, 4) is 0 Å². The number of fused-ring (bicyclic) bond motifs is 1. The van der Waals surface area contributed by atoms with Crippen LogP contribution >= 0.6 is 12.4 Å². The Balaban J connectivity index is 0.00000588. The number of aliphatic hydroxyl groups excluding tert-OH is 2. The van der Waals surface area contributed by atoms with Gasteiger partial charge in [-0.15, -0.1) is 12.4 Å². The summed E-state index contributed by atoms with van der Waals surface area (Å²) in [5, 5.41) is 26.8. The molecule has 1 aliphatic carbocycles. The molecule has 0 bridgehead atoms. The van der Waals surface area contributed by atoms with Crippen LogP contribution in [0.15, 0.2) is 24.3 Å². The molecule has 1 heterocycles. The molecule has 6 N–H and O–H groups in total. The van der Waals surface area contributed by atoms with Crippen LogP contribution in [0.2, 0.25) is 0 Å². The van der Waals surface area contributed by atoms with Gasteiger partial charge in [-0.2, -0.15) is 0 Å². The molecule has 3 amide bonds. The van der Waals surface area contributed by atoms with Crippen LogP contribution in [-0.4, -0.2) is 72.6 Å². The minimum absolute atomic E-state index is 0. The molecule has 10 nitrogen and oxygen atoms in total. The Morgan fingerprint density at radius 1 is 1.15 bits per heavy atom. The molecule has 2 aliphatic rings. The SMILES string of the molecule is COC(=O)NC1Cc2ccccc2N(C(=O)CC(C)(C)C[C@H](N)[C@@H](O)CNC(=O)C(C)(C)[C@@H]2CCCC[C@H]2O)C1.Cl. The zero-order valence-electron chi connectivity index (χ0n) is 25.0. The topological polar surface area (TPSA) is 154 Å². The summed E-state index contributed by atoms with van der Waals surface area (Å²) in [6.07, 6.45) is 2.57. The van der Waals surface area contributed by atoms with Gasteiger partial charge in [-0.05, 0) is 48.6 Å². The van der Waals surface area contributed by atoms with Crippen molar-refractivity contribution in [2.45, 2.75) is 96.9 Å². The van der Waals surface area contributed by atoms with E-state index in [9.17, 15) is 24.6 Å². The molecule has 0 radical (unpaired) electrons. The maximum atomic E-state index is 13.5. The van der Waals surface area contributed by atoms with Crippen molar-refractivity contribution >= 4 is 36.0 Å². The lowest BCUT2D eigenvalue weighted by Crippen LogP contribution is -2.52. The van der Waals surface area contributed by atoms with Gasteiger partial charge in [0.15, 0.2) is 0 Å². The van der Waals surface area contributed by atoms with Crippen LogP contribution in [0, 0.1) is 16.7 Å². The number of benzene rings is 1. The highest BCUT2D eigenvalue weighted by Crippen LogP contribution is 2.39. The number of anilines is 1. The van der Waals surface area contributed by atoms with E-state index in [-0.39, 0.29) is 49.1 Å². The molecule has 1 aliphatic heterocycles.